The molecule has 1 atom stereocenters. The average molecular weight is 257 g/mol. The van der Waals surface area contributed by atoms with E-state index in [0.717, 1.165) is 12.5 Å². The van der Waals surface area contributed by atoms with Gasteiger partial charge in [-0.2, -0.15) is 13.2 Å². The van der Waals surface area contributed by atoms with Crippen LogP contribution in [0.25, 0.3) is 0 Å². The maximum atomic E-state index is 12.2. The average Bonchev–Trinajstić information content (AvgIpc) is 2.33. The Labute approximate surface area is 104 Å². The molecule has 0 aliphatic carbocycles. The fourth-order valence-corrected chi connectivity index (χ4v) is 1.15. The third-order valence-corrected chi connectivity index (χ3v) is 2.25. The van der Waals surface area contributed by atoms with Crippen LogP contribution in [0.1, 0.15) is 18.1 Å². The highest BCUT2D eigenvalue weighted by atomic mass is 19.4. The second-order valence-corrected chi connectivity index (χ2v) is 3.70. The smallest absolute Gasteiger partial charge is 0.364 e. The van der Waals surface area contributed by atoms with E-state index in [0.29, 0.717) is 5.56 Å². The molecule has 0 aromatic heterocycles. The molecule has 0 amide bonds. The fourth-order valence-electron chi connectivity index (χ4n) is 1.15. The molecule has 1 aromatic rings. The van der Waals surface area contributed by atoms with E-state index in [-0.39, 0.29) is 13.2 Å². The number of ether oxygens (including phenoxy) is 1. The van der Waals surface area contributed by atoms with Crippen molar-refractivity contribution in [2.75, 3.05) is 6.54 Å². The Morgan fingerprint density at radius 1 is 1.28 bits per heavy atom. The largest absolute Gasteiger partial charge is 0.414 e. The Morgan fingerprint density at radius 2 is 1.89 bits per heavy atom. The van der Waals surface area contributed by atoms with Crippen molar-refractivity contribution in [2.24, 2.45) is 5.73 Å². The van der Waals surface area contributed by atoms with E-state index in [1.54, 1.807) is 24.3 Å². The normalized spacial score (nSPS) is 12.7. The zero-order valence-electron chi connectivity index (χ0n) is 9.92. The SMILES string of the molecule is CC(OCc1ccc(C#CCN)cc1)C(F)(F)F. The van der Waals surface area contributed by atoms with Crippen LogP contribution >= 0.6 is 0 Å². The summed E-state index contributed by atoms with van der Waals surface area (Å²) in [5.41, 5.74) is 6.67. The summed E-state index contributed by atoms with van der Waals surface area (Å²) in [7, 11) is 0. The Kier molecular flexibility index (Phi) is 5.20. The van der Waals surface area contributed by atoms with E-state index in [9.17, 15) is 13.2 Å². The van der Waals surface area contributed by atoms with Crippen LogP contribution in [-0.2, 0) is 11.3 Å². The first-order valence-electron chi connectivity index (χ1n) is 5.39. The second kappa shape index (κ2) is 6.43. The number of benzene rings is 1. The quantitative estimate of drug-likeness (QED) is 0.844. The molecule has 0 bridgehead atoms. The van der Waals surface area contributed by atoms with Crippen molar-refractivity contribution in [3.8, 4) is 11.8 Å². The van der Waals surface area contributed by atoms with Gasteiger partial charge in [0.15, 0.2) is 6.10 Å². The molecule has 2 N–H and O–H groups in total. The minimum Gasteiger partial charge on any atom is -0.364 e. The van der Waals surface area contributed by atoms with Crippen molar-refractivity contribution in [1.82, 2.24) is 0 Å². The second-order valence-electron chi connectivity index (χ2n) is 3.70. The van der Waals surface area contributed by atoms with Crippen LogP contribution in [-0.4, -0.2) is 18.8 Å². The third kappa shape index (κ3) is 4.78. The standard InChI is InChI=1S/C13H14F3NO/c1-10(13(14,15)16)18-9-12-6-4-11(5-7-12)3-2-8-17/h4-7,10H,8-9,17H2,1H3. The molecule has 98 valence electrons. The molecule has 18 heavy (non-hydrogen) atoms. The van der Waals surface area contributed by atoms with E-state index >= 15 is 0 Å². The highest BCUT2D eigenvalue weighted by molar-refractivity contribution is 5.36. The fraction of sp³-hybridized carbons (Fsp3) is 0.385. The lowest BCUT2D eigenvalue weighted by molar-refractivity contribution is -0.217. The monoisotopic (exact) mass is 257 g/mol. The number of rotatable bonds is 3. The summed E-state index contributed by atoms with van der Waals surface area (Å²) in [4.78, 5) is 0. The lowest BCUT2D eigenvalue weighted by atomic mass is 10.1. The van der Waals surface area contributed by atoms with Crippen LogP contribution in [0.5, 0.6) is 0 Å². The van der Waals surface area contributed by atoms with Gasteiger partial charge >= 0.3 is 6.18 Å². The van der Waals surface area contributed by atoms with Crippen molar-refractivity contribution in [3.63, 3.8) is 0 Å². The molecular formula is C13H14F3NO. The highest BCUT2D eigenvalue weighted by Crippen LogP contribution is 2.23. The van der Waals surface area contributed by atoms with Gasteiger partial charge < -0.3 is 10.5 Å². The van der Waals surface area contributed by atoms with Gasteiger partial charge in [0.05, 0.1) is 13.2 Å². The van der Waals surface area contributed by atoms with Gasteiger partial charge in [-0.25, -0.2) is 0 Å². The molecule has 0 aliphatic rings. The Morgan fingerprint density at radius 3 is 2.39 bits per heavy atom. The number of hydrogen-bond donors (Lipinski definition) is 1. The van der Waals surface area contributed by atoms with E-state index in [1.807, 2.05) is 0 Å². The molecule has 0 saturated carbocycles. The van der Waals surface area contributed by atoms with Gasteiger partial charge in [0, 0.05) is 5.56 Å². The zero-order valence-corrected chi connectivity index (χ0v) is 9.92. The topological polar surface area (TPSA) is 35.2 Å². The van der Waals surface area contributed by atoms with Crippen LogP contribution in [0.2, 0.25) is 0 Å². The summed E-state index contributed by atoms with van der Waals surface area (Å²) < 4.78 is 41.3. The van der Waals surface area contributed by atoms with Crippen molar-refractivity contribution in [3.05, 3.63) is 35.4 Å². The van der Waals surface area contributed by atoms with Gasteiger partial charge in [-0.05, 0) is 24.6 Å². The molecule has 0 fully saturated rings. The summed E-state index contributed by atoms with van der Waals surface area (Å²) in [5.74, 6) is 5.52. The Bertz CT molecular complexity index is 428. The summed E-state index contributed by atoms with van der Waals surface area (Å²) in [5, 5.41) is 0. The highest BCUT2D eigenvalue weighted by Gasteiger charge is 2.36. The molecule has 0 radical (unpaired) electrons. The van der Waals surface area contributed by atoms with Gasteiger partial charge in [-0.1, -0.05) is 24.0 Å². The summed E-state index contributed by atoms with van der Waals surface area (Å²) in [6.07, 6.45) is -6.10. The van der Waals surface area contributed by atoms with Gasteiger partial charge in [0.25, 0.3) is 0 Å². The molecule has 0 spiro atoms. The van der Waals surface area contributed by atoms with Crippen LogP contribution in [0, 0.1) is 11.8 Å². The van der Waals surface area contributed by atoms with E-state index < -0.39 is 12.3 Å². The van der Waals surface area contributed by atoms with Gasteiger partial charge in [0.1, 0.15) is 0 Å². The summed E-state index contributed by atoms with van der Waals surface area (Å²) in [6.45, 7) is 1.18. The van der Waals surface area contributed by atoms with Crippen LogP contribution in [0.4, 0.5) is 13.2 Å². The predicted molar refractivity (Wildman–Crippen MR) is 62.7 cm³/mol. The molecule has 5 heteroatoms. The van der Waals surface area contributed by atoms with Gasteiger partial charge in [-0.3, -0.25) is 0 Å². The predicted octanol–water partition coefficient (Wildman–Crippen LogP) is 2.46. The van der Waals surface area contributed by atoms with E-state index in [1.165, 1.54) is 0 Å². The molecular weight excluding hydrogens is 243 g/mol. The Hall–Kier alpha value is -1.51. The van der Waals surface area contributed by atoms with E-state index in [2.05, 4.69) is 11.8 Å². The lowest BCUT2D eigenvalue weighted by Gasteiger charge is -2.16. The van der Waals surface area contributed by atoms with E-state index in [4.69, 9.17) is 10.5 Å². The number of halogens is 3. The molecule has 2 nitrogen and oxygen atoms in total. The first-order chi connectivity index (χ1) is 8.43. The van der Waals surface area contributed by atoms with Crippen molar-refractivity contribution in [2.45, 2.75) is 25.8 Å². The lowest BCUT2D eigenvalue weighted by Crippen LogP contribution is -2.28. The third-order valence-electron chi connectivity index (χ3n) is 2.25. The minimum atomic E-state index is -4.33. The van der Waals surface area contributed by atoms with Crippen molar-refractivity contribution >= 4 is 0 Å². The number of hydrogen-bond acceptors (Lipinski definition) is 2. The minimum absolute atomic E-state index is 0.0781. The van der Waals surface area contributed by atoms with Crippen molar-refractivity contribution < 1.29 is 17.9 Å². The molecule has 1 aromatic carbocycles. The molecule has 0 aliphatic heterocycles. The van der Waals surface area contributed by atoms with Crippen molar-refractivity contribution in [1.29, 1.82) is 0 Å². The van der Waals surface area contributed by atoms with Crippen LogP contribution in [0.15, 0.2) is 24.3 Å². The van der Waals surface area contributed by atoms with Crippen LogP contribution < -0.4 is 5.73 Å². The molecule has 0 heterocycles. The maximum Gasteiger partial charge on any atom is 0.414 e. The van der Waals surface area contributed by atoms with Gasteiger partial charge in [-0.15, -0.1) is 0 Å². The number of alkyl halides is 3. The summed E-state index contributed by atoms with van der Waals surface area (Å²) >= 11 is 0. The first-order valence-corrected chi connectivity index (χ1v) is 5.39. The molecule has 0 saturated heterocycles. The summed E-state index contributed by atoms with van der Waals surface area (Å²) in [6, 6.07) is 6.81. The maximum absolute atomic E-state index is 12.2. The first kappa shape index (κ1) is 14.6. The van der Waals surface area contributed by atoms with Crippen LogP contribution in [0.3, 0.4) is 0 Å². The zero-order chi connectivity index (χ0) is 13.6. The Balaban J connectivity index is 2.54. The number of nitrogens with two attached hydrogens (primary N) is 1. The van der Waals surface area contributed by atoms with Gasteiger partial charge in [0.2, 0.25) is 0 Å². The molecule has 1 rings (SSSR count). The molecule has 1 unspecified atom stereocenters.